The number of thiophene rings is 1. The molecule has 0 spiro atoms. The minimum Gasteiger partial charge on any atom is -0.497 e. The molecule has 0 radical (unpaired) electrons. The fourth-order valence-corrected chi connectivity index (χ4v) is 3.66. The zero-order valence-corrected chi connectivity index (χ0v) is 18.9. The summed E-state index contributed by atoms with van der Waals surface area (Å²) in [4.78, 5) is 17.7. The number of hydrogen-bond donors (Lipinski definition) is 1. The van der Waals surface area contributed by atoms with Crippen LogP contribution < -0.4 is 14.8 Å². The SMILES string of the molecule is COc1cccc(-c2nc(OCC(C)C)nn2-c2cccc(NC(=O)c3cccs3)c2)c1. The van der Waals surface area contributed by atoms with Crippen LogP contribution in [0.2, 0.25) is 0 Å². The first-order chi connectivity index (χ1) is 15.5. The molecular weight excluding hydrogens is 424 g/mol. The van der Waals surface area contributed by atoms with Crippen molar-refractivity contribution >= 4 is 22.9 Å². The number of anilines is 1. The molecule has 0 aliphatic rings. The third-order valence-corrected chi connectivity index (χ3v) is 5.42. The van der Waals surface area contributed by atoms with E-state index in [9.17, 15) is 4.79 Å². The second-order valence-corrected chi connectivity index (χ2v) is 8.50. The molecule has 1 N–H and O–H groups in total. The van der Waals surface area contributed by atoms with Gasteiger partial charge in [0, 0.05) is 11.3 Å². The topological polar surface area (TPSA) is 78.3 Å². The van der Waals surface area contributed by atoms with Gasteiger partial charge in [-0.2, -0.15) is 4.98 Å². The quantitative estimate of drug-likeness (QED) is 0.396. The molecule has 8 heteroatoms. The van der Waals surface area contributed by atoms with Crippen LogP contribution in [0, 0.1) is 5.92 Å². The van der Waals surface area contributed by atoms with Crippen LogP contribution in [0.1, 0.15) is 23.5 Å². The Morgan fingerprint density at radius 2 is 1.97 bits per heavy atom. The molecule has 0 saturated heterocycles. The molecule has 2 aromatic carbocycles. The Morgan fingerprint density at radius 1 is 1.12 bits per heavy atom. The predicted molar refractivity (Wildman–Crippen MR) is 126 cm³/mol. The monoisotopic (exact) mass is 448 g/mol. The largest absolute Gasteiger partial charge is 0.497 e. The number of rotatable bonds is 8. The van der Waals surface area contributed by atoms with Crippen molar-refractivity contribution in [3.8, 4) is 28.8 Å². The van der Waals surface area contributed by atoms with E-state index in [-0.39, 0.29) is 5.91 Å². The summed E-state index contributed by atoms with van der Waals surface area (Å²) in [5.41, 5.74) is 2.25. The summed E-state index contributed by atoms with van der Waals surface area (Å²) in [6, 6.07) is 19.0. The lowest BCUT2D eigenvalue weighted by Crippen LogP contribution is -2.10. The summed E-state index contributed by atoms with van der Waals surface area (Å²) >= 11 is 1.40. The maximum absolute atomic E-state index is 12.5. The zero-order valence-electron chi connectivity index (χ0n) is 18.1. The van der Waals surface area contributed by atoms with Crippen LogP contribution in [-0.2, 0) is 0 Å². The highest BCUT2D eigenvalue weighted by atomic mass is 32.1. The van der Waals surface area contributed by atoms with Gasteiger partial charge in [0.15, 0.2) is 5.82 Å². The molecule has 0 aliphatic carbocycles. The number of amides is 1. The lowest BCUT2D eigenvalue weighted by atomic mass is 10.2. The van der Waals surface area contributed by atoms with Crippen LogP contribution in [0.3, 0.4) is 0 Å². The lowest BCUT2D eigenvalue weighted by Gasteiger charge is -2.09. The molecule has 4 aromatic rings. The third-order valence-electron chi connectivity index (χ3n) is 4.55. The summed E-state index contributed by atoms with van der Waals surface area (Å²) in [7, 11) is 1.63. The molecule has 4 rings (SSSR count). The Kier molecular flexibility index (Phi) is 6.51. The fourth-order valence-electron chi connectivity index (χ4n) is 3.04. The van der Waals surface area contributed by atoms with Crippen molar-refractivity contribution in [1.82, 2.24) is 14.8 Å². The molecule has 0 fully saturated rings. The van der Waals surface area contributed by atoms with Crippen molar-refractivity contribution in [2.45, 2.75) is 13.8 Å². The van der Waals surface area contributed by atoms with E-state index in [1.54, 1.807) is 17.9 Å². The first-order valence-electron chi connectivity index (χ1n) is 10.2. The van der Waals surface area contributed by atoms with Gasteiger partial charge in [-0.3, -0.25) is 4.79 Å². The number of methoxy groups -OCH3 is 1. The van der Waals surface area contributed by atoms with Crippen LogP contribution in [-0.4, -0.2) is 34.4 Å². The molecule has 0 aliphatic heterocycles. The predicted octanol–water partition coefficient (Wildman–Crippen LogP) is 5.29. The van der Waals surface area contributed by atoms with Gasteiger partial charge >= 0.3 is 6.01 Å². The first kappa shape index (κ1) is 21.6. The Bertz CT molecular complexity index is 1200. The highest BCUT2D eigenvalue weighted by Gasteiger charge is 2.17. The van der Waals surface area contributed by atoms with E-state index in [0.717, 1.165) is 17.0 Å². The first-order valence-corrected chi connectivity index (χ1v) is 11.1. The molecule has 7 nitrogen and oxygen atoms in total. The second-order valence-electron chi connectivity index (χ2n) is 7.55. The standard InChI is InChI=1S/C24H24N4O3S/c1-16(2)15-31-24-26-22(17-7-4-10-20(13-17)30-3)28(27-24)19-9-5-8-18(14-19)25-23(29)21-11-6-12-32-21/h4-14,16H,15H2,1-3H3,(H,25,29). The van der Waals surface area contributed by atoms with E-state index in [4.69, 9.17) is 9.47 Å². The van der Waals surface area contributed by atoms with Crippen molar-refractivity contribution in [2.24, 2.45) is 5.92 Å². The maximum atomic E-state index is 12.5. The Morgan fingerprint density at radius 3 is 2.72 bits per heavy atom. The summed E-state index contributed by atoms with van der Waals surface area (Å²) in [5, 5.41) is 9.40. The lowest BCUT2D eigenvalue weighted by molar-refractivity contribution is 0.103. The molecule has 1 amide bonds. The Hall–Kier alpha value is -3.65. The fraction of sp³-hybridized carbons (Fsp3) is 0.208. The zero-order chi connectivity index (χ0) is 22.5. The number of hydrogen-bond acceptors (Lipinski definition) is 6. The van der Waals surface area contributed by atoms with Gasteiger partial charge in [-0.25, -0.2) is 4.68 Å². The van der Waals surface area contributed by atoms with E-state index < -0.39 is 0 Å². The highest BCUT2D eigenvalue weighted by molar-refractivity contribution is 7.12. The van der Waals surface area contributed by atoms with E-state index in [1.807, 2.05) is 60.0 Å². The molecule has 32 heavy (non-hydrogen) atoms. The van der Waals surface area contributed by atoms with E-state index in [2.05, 4.69) is 29.2 Å². The minimum atomic E-state index is -0.148. The highest BCUT2D eigenvalue weighted by Crippen LogP contribution is 2.28. The van der Waals surface area contributed by atoms with Crippen molar-refractivity contribution in [2.75, 3.05) is 19.0 Å². The van der Waals surface area contributed by atoms with Crippen molar-refractivity contribution in [3.05, 3.63) is 70.9 Å². The van der Waals surface area contributed by atoms with Gasteiger partial charge in [0.1, 0.15) is 5.75 Å². The summed E-state index contributed by atoms with van der Waals surface area (Å²) in [6.07, 6.45) is 0. The molecule has 0 saturated carbocycles. The molecular formula is C24H24N4O3S. The molecule has 164 valence electrons. The number of aromatic nitrogens is 3. The summed E-state index contributed by atoms with van der Waals surface area (Å²) in [6.45, 7) is 4.65. The molecule has 0 unspecified atom stereocenters. The number of ether oxygens (including phenoxy) is 2. The summed E-state index contributed by atoms with van der Waals surface area (Å²) < 4.78 is 12.9. The molecule has 0 atom stereocenters. The third kappa shape index (κ3) is 4.97. The van der Waals surface area contributed by atoms with Crippen LogP contribution >= 0.6 is 11.3 Å². The number of benzene rings is 2. The number of nitrogens with zero attached hydrogens (tertiary/aromatic N) is 3. The summed E-state index contributed by atoms with van der Waals surface area (Å²) in [5.74, 6) is 1.53. The second kappa shape index (κ2) is 9.65. The van der Waals surface area contributed by atoms with Gasteiger partial charge in [-0.05, 0) is 47.7 Å². The molecule has 2 aromatic heterocycles. The Labute approximate surface area is 190 Å². The van der Waals surface area contributed by atoms with Gasteiger partial charge in [-0.1, -0.05) is 38.1 Å². The van der Waals surface area contributed by atoms with E-state index in [1.165, 1.54) is 11.3 Å². The molecule has 0 bridgehead atoms. The van der Waals surface area contributed by atoms with Crippen LogP contribution in [0.4, 0.5) is 5.69 Å². The van der Waals surface area contributed by atoms with Crippen LogP contribution in [0.25, 0.3) is 17.1 Å². The number of carbonyl (C=O) groups is 1. The van der Waals surface area contributed by atoms with Crippen LogP contribution in [0.15, 0.2) is 66.0 Å². The van der Waals surface area contributed by atoms with E-state index in [0.29, 0.717) is 34.9 Å². The number of carbonyl (C=O) groups excluding carboxylic acids is 1. The maximum Gasteiger partial charge on any atom is 0.336 e. The van der Waals surface area contributed by atoms with Gasteiger partial charge < -0.3 is 14.8 Å². The van der Waals surface area contributed by atoms with Crippen molar-refractivity contribution in [1.29, 1.82) is 0 Å². The van der Waals surface area contributed by atoms with Crippen molar-refractivity contribution in [3.63, 3.8) is 0 Å². The Balaban J connectivity index is 1.70. The molecule has 2 heterocycles. The van der Waals surface area contributed by atoms with Crippen molar-refractivity contribution < 1.29 is 14.3 Å². The van der Waals surface area contributed by atoms with Crippen LogP contribution in [0.5, 0.6) is 11.8 Å². The minimum absolute atomic E-state index is 0.148. The van der Waals surface area contributed by atoms with Gasteiger partial charge in [-0.15, -0.1) is 16.4 Å². The average Bonchev–Trinajstić information content (AvgIpc) is 3.48. The number of nitrogens with one attached hydrogen (secondary N) is 1. The average molecular weight is 449 g/mol. The normalized spacial score (nSPS) is 10.9. The van der Waals surface area contributed by atoms with Gasteiger partial charge in [0.25, 0.3) is 5.91 Å². The van der Waals surface area contributed by atoms with Gasteiger partial charge in [0.2, 0.25) is 0 Å². The van der Waals surface area contributed by atoms with E-state index >= 15 is 0 Å². The van der Waals surface area contributed by atoms with Gasteiger partial charge in [0.05, 0.1) is 24.3 Å². The smallest absolute Gasteiger partial charge is 0.336 e.